The Bertz CT molecular complexity index is 767. The minimum Gasteiger partial charge on any atom is -0.377 e. The maximum absolute atomic E-state index is 12.0. The molecule has 0 aromatic carbocycles. The highest BCUT2D eigenvalue weighted by Crippen LogP contribution is 2.33. The van der Waals surface area contributed by atoms with Gasteiger partial charge in [0.15, 0.2) is 0 Å². The number of amides is 3. The molecule has 2 aliphatic heterocycles. The molecule has 3 rings (SSSR count). The maximum Gasteiger partial charge on any atom is 0.315 e. The fourth-order valence-electron chi connectivity index (χ4n) is 4.14. The second-order valence-electron chi connectivity index (χ2n) is 8.78. The second-order valence-corrected chi connectivity index (χ2v) is 10.0. The van der Waals surface area contributed by atoms with Crippen molar-refractivity contribution >= 4 is 23.7 Å². The van der Waals surface area contributed by atoms with Crippen molar-refractivity contribution in [3.8, 4) is 0 Å². The number of hydrogen-bond donors (Lipinski definition) is 3. The second kappa shape index (κ2) is 16.0. The summed E-state index contributed by atoms with van der Waals surface area (Å²) in [6, 6.07) is 0.442. The van der Waals surface area contributed by atoms with E-state index in [4.69, 9.17) is 14.2 Å². The molecule has 2 aliphatic rings. The van der Waals surface area contributed by atoms with Gasteiger partial charge in [-0.2, -0.15) is 11.8 Å². The minimum absolute atomic E-state index is 0.0522. The summed E-state index contributed by atoms with van der Waals surface area (Å²) in [7, 11) is 0. The number of rotatable bonds is 19. The summed E-state index contributed by atoms with van der Waals surface area (Å²) < 4.78 is 18.3. The minimum atomic E-state index is -0.0522. The van der Waals surface area contributed by atoms with Crippen LogP contribution in [-0.2, 0) is 32.0 Å². The number of ether oxygens (including phenoxy) is 3. The lowest BCUT2D eigenvalue weighted by Crippen LogP contribution is -2.36. The standard InChI is InChI=1S/C23H40N6O5S/c1-2-5-18-16-29(28-27-18)9-11-33-13-15-34-14-12-32-10-8-24-21(30)7-4-3-6-20-22-19(17-35-20)25-23(31)26-22/h16,19-20,22H,2-15,17H2,1H3,(H,24,30)(H2,25,26,31)/t19-,20-,22-/m0/s1. The monoisotopic (exact) mass is 512 g/mol. The van der Waals surface area contributed by atoms with E-state index >= 15 is 0 Å². The van der Waals surface area contributed by atoms with Crippen LogP contribution in [0.4, 0.5) is 4.79 Å². The van der Waals surface area contributed by atoms with E-state index in [1.165, 1.54) is 0 Å². The van der Waals surface area contributed by atoms with Gasteiger partial charge in [0, 0.05) is 30.2 Å². The van der Waals surface area contributed by atoms with Crippen LogP contribution in [0.15, 0.2) is 6.20 Å². The van der Waals surface area contributed by atoms with E-state index < -0.39 is 0 Å². The van der Waals surface area contributed by atoms with E-state index in [9.17, 15) is 9.59 Å². The van der Waals surface area contributed by atoms with Crippen LogP contribution in [0.3, 0.4) is 0 Å². The molecule has 2 fully saturated rings. The topological polar surface area (TPSA) is 129 Å². The van der Waals surface area contributed by atoms with E-state index in [2.05, 4.69) is 33.2 Å². The third-order valence-corrected chi connectivity index (χ3v) is 7.46. The van der Waals surface area contributed by atoms with E-state index in [0.717, 1.165) is 43.6 Å². The molecule has 3 atom stereocenters. The first-order valence-electron chi connectivity index (χ1n) is 12.7. The summed E-state index contributed by atoms with van der Waals surface area (Å²) in [6.45, 7) is 6.38. The highest BCUT2D eigenvalue weighted by molar-refractivity contribution is 8.00. The van der Waals surface area contributed by atoms with E-state index in [1.54, 1.807) is 4.68 Å². The highest BCUT2D eigenvalue weighted by Gasteiger charge is 2.42. The number of hydrogen-bond acceptors (Lipinski definition) is 8. The van der Waals surface area contributed by atoms with Crippen molar-refractivity contribution in [1.82, 2.24) is 30.9 Å². The molecule has 0 saturated carbocycles. The molecule has 3 N–H and O–H groups in total. The van der Waals surface area contributed by atoms with Crippen molar-refractivity contribution < 1.29 is 23.8 Å². The molecule has 0 unspecified atom stereocenters. The fourth-order valence-corrected chi connectivity index (χ4v) is 5.69. The molecule has 11 nitrogen and oxygen atoms in total. The Balaban J connectivity index is 1.04. The number of carbonyl (C=O) groups excluding carboxylic acids is 2. The number of nitrogens with one attached hydrogen (secondary N) is 3. The van der Waals surface area contributed by atoms with Crippen LogP contribution in [0.25, 0.3) is 0 Å². The maximum atomic E-state index is 12.0. The van der Waals surface area contributed by atoms with Gasteiger partial charge in [0.05, 0.1) is 64.0 Å². The average Bonchev–Trinajstić information content (AvgIpc) is 3.54. The zero-order valence-corrected chi connectivity index (χ0v) is 21.5. The highest BCUT2D eigenvalue weighted by atomic mass is 32.2. The lowest BCUT2D eigenvalue weighted by molar-refractivity contribution is -0.121. The van der Waals surface area contributed by atoms with Gasteiger partial charge in [0.1, 0.15) is 0 Å². The van der Waals surface area contributed by atoms with Gasteiger partial charge in [0.25, 0.3) is 0 Å². The number of thioether (sulfide) groups is 1. The molecule has 3 amide bonds. The molecule has 198 valence electrons. The van der Waals surface area contributed by atoms with Crippen LogP contribution in [0.2, 0.25) is 0 Å². The van der Waals surface area contributed by atoms with Crippen molar-refractivity contribution in [3.63, 3.8) is 0 Å². The normalized spacial score (nSPS) is 21.1. The molecular weight excluding hydrogens is 472 g/mol. The third kappa shape index (κ3) is 10.3. The Morgan fingerprint density at radius 2 is 1.91 bits per heavy atom. The van der Waals surface area contributed by atoms with Gasteiger partial charge in [-0.1, -0.05) is 25.0 Å². The van der Waals surface area contributed by atoms with Crippen molar-refractivity contribution in [2.45, 2.75) is 69.3 Å². The van der Waals surface area contributed by atoms with Crippen LogP contribution < -0.4 is 16.0 Å². The van der Waals surface area contributed by atoms with Crippen molar-refractivity contribution in [2.75, 3.05) is 51.9 Å². The van der Waals surface area contributed by atoms with Gasteiger partial charge >= 0.3 is 6.03 Å². The van der Waals surface area contributed by atoms with Gasteiger partial charge in [-0.25, -0.2) is 9.48 Å². The number of aryl methyl sites for hydroxylation is 1. The van der Waals surface area contributed by atoms with Crippen molar-refractivity contribution in [2.24, 2.45) is 0 Å². The predicted molar refractivity (Wildman–Crippen MR) is 133 cm³/mol. The number of fused-ring (bicyclic) bond motifs is 1. The van der Waals surface area contributed by atoms with Gasteiger partial charge in [-0.15, -0.1) is 5.10 Å². The number of unbranched alkanes of at least 4 members (excludes halogenated alkanes) is 1. The largest absolute Gasteiger partial charge is 0.377 e. The summed E-state index contributed by atoms with van der Waals surface area (Å²) in [5, 5.41) is 17.5. The van der Waals surface area contributed by atoms with Crippen molar-refractivity contribution in [1.29, 1.82) is 0 Å². The quantitative estimate of drug-likeness (QED) is 0.186. The van der Waals surface area contributed by atoms with Gasteiger partial charge in [0.2, 0.25) is 5.91 Å². The SMILES string of the molecule is CCCc1cn(CCOCCOCCOCCNC(=O)CCCC[C@@H]2SC[C@@H]3NC(=O)N[C@@H]32)nn1. The van der Waals surface area contributed by atoms with Crippen LogP contribution in [0.1, 0.15) is 44.7 Å². The summed E-state index contributed by atoms with van der Waals surface area (Å²) in [5.74, 6) is 1.03. The lowest BCUT2D eigenvalue weighted by atomic mass is 10.0. The van der Waals surface area contributed by atoms with Crippen LogP contribution in [-0.4, -0.2) is 96.2 Å². The Kier molecular flexibility index (Phi) is 12.6. The molecule has 1 aromatic heterocycles. The molecule has 0 bridgehead atoms. The first-order valence-corrected chi connectivity index (χ1v) is 13.8. The number of urea groups is 1. The summed E-state index contributed by atoms with van der Waals surface area (Å²) in [4.78, 5) is 23.4. The number of nitrogens with zero attached hydrogens (tertiary/aromatic N) is 3. The lowest BCUT2D eigenvalue weighted by Gasteiger charge is -2.16. The molecular formula is C23H40N6O5S. The van der Waals surface area contributed by atoms with E-state index in [1.807, 2.05) is 18.0 Å². The van der Waals surface area contributed by atoms with Crippen LogP contribution in [0, 0.1) is 0 Å². The Morgan fingerprint density at radius 3 is 2.71 bits per heavy atom. The Morgan fingerprint density at radius 1 is 1.14 bits per heavy atom. The van der Waals surface area contributed by atoms with Gasteiger partial charge < -0.3 is 30.2 Å². The number of aromatic nitrogens is 3. The Labute approximate surface area is 211 Å². The zero-order valence-electron chi connectivity index (χ0n) is 20.7. The van der Waals surface area contributed by atoms with Crippen molar-refractivity contribution in [3.05, 3.63) is 11.9 Å². The van der Waals surface area contributed by atoms with E-state index in [-0.39, 0.29) is 24.0 Å². The molecule has 0 radical (unpaired) electrons. The van der Waals surface area contributed by atoms with Crippen LogP contribution in [0.5, 0.6) is 0 Å². The number of carbonyl (C=O) groups is 2. The van der Waals surface area contributed by atoms with Gasteiger partial charge in [-0.3, -0.25) is 4.79 Å². The molecule has 35 heavy (non-hydrogen) atoms. The third-order valence-electron chi connectivity index (χ3n) is 5.95. The van der Waals surface area contributed by atoms with E-state index in [0.29, 0.717) is 64.4 Å². The predicted octanol–water partition coefficient (Wildman–Crippen LogP) is 1.12. The summed E-state index contributed by atoms with van der Waals surface area (Å²) in [6.07, 6.45) is 7.37. The summed E-state index contributed by atoms with van der Waals surface area (Å²) in [5.41, 5.74) is 1.02. The molecule has 0 aliphatic carbocycles. The zero-order chi connectivity index (χ0) is 24.7. The smallest absolute Gasteiger partial charge is 0.315 e. The average molecular weight is 513 g/mol. The van der Waals surface area contributed by atoms with Crippen LogP contribution >= 0.6 is 11.8 Å². The molecule has 0 spiro atoms. The first-order chi connectivity index (χ1) is 17.2. The molecule has 1 aromatic rings. The Hall–Kier alpha value is -1.89. The molecule has 3 heterocycles. The summed E-state index contributed by atoms with van der Waals surface area (Å²) >= 11 is 1.91. The van der Waals surface area contributed by atoms with Gasteiger partial charge in [-0.05, 0) is 19.3 Å². The fraction of sp³-hybridized carbons (Fsp3) is 0.826. The molecule has 12 heteroatoms. The first kappa shape index (κ1) is 27.7. The molecule has 2 saturated heterocycles.